The molecule has 3 rings (SSSR count). The van der Waals surface area contributed by atoms with Crippen LogP contribution in [0.4, 0.5) is 0 Å². The molecular weight excluding hydrogens is 370 g/mol. The Morgan fingerprint density at radius 3 is 2.78 bits per heavy atom. The van der Waals surface area contributed by atoms with Crippen LogP contribution in [0.5, 0.6) is 5.75 Å². The van der Waals surface area contributed by atoms with Crippen LogP contribution in [-0.4, -0.2) is 34.0 Å². The minimum atomic E-state index is -0.794. The third kappa shape index (κ3) is 4.67. The third-order valence-corrected chi connectivity index (χ3v) is 5.03. The average Bonchev–Trinajstić information content (AvgIpc) is 2.64. The number of rotatable bonds is 6. The zero-order valence-corrected chi connectivity index (χ0v) is 15.6. The van der Waals surface area contributed by atoms with Gasteiger partial charge in [-0.15, -0.1) is 0 Å². The lowest BCUT2D eigenvalue weighted by atomic mass is 9.93. The van der Waals surface area contributed by atoms with Gasteiger partial charge in [0.25, 0.3) is 0 Å². The van der Waals surface area contributed by atoms with Crippen LogP contribution in [0.1, 0.15) is 48.7 Å². The van der Waals surface area contributed by atoms with Gasteiger partial charge in [-0.25, -0.2) is 4.98 Å². The SMILES string of the molecule is NC(=O)CC(c1cccnc1Cl)c1oc(CN2CCCCC2)cc(=O)c1O. The molecule has 0 bridgehead atoms. The van der Waals surface area contributed by atoms with Crippen LogP contribution in [0.25, 0.3) is 0 Å². The molecule has 144 valence electrons. The quantitative estimate of drug-likeness (QED) is 0.731. The van der Waals surface area contributed by atoms with Crippen molar-refractivity contribution in [1.29, 1.82) is 0 Å². The maximum atomic E-state index is 12.3. The summed E-state index contributed by atoms with van der Waals surface area (Å²) in [6.45, 7) is 2.32. The number of hydrogen-bond donors (Lipinski definition) is 2. The monoisotopic (exact) mass is 391 g/mol. The van der Waals surface area contributed by atoms with Crippen LogP contribution >= 0.6 is 11.6 Å². The number of pyridine rings is 1. The molecule has 0 spiro atoms. The Morgan fingerprint density at radius 1 is 1.37 bits per heavy atom. The van der Waals surface area contributed by atoms with E-state index in [0.29, 0.717) is 17.9 Å². The van der Waals surface area contributed by atoms with Crippen molar-refractivity contribution in [3.63, 3.8) is 0 Å². The van der Waals surface area contributed by atoms with E-state index in [0.717, 1.165) is 25.9 Å². The summed E-state index contributed by atoms with van der Waals surface area (Å²) in [6.07, 6.45) is 4.74. The molecule has 1 unspecified atom stereocenters. The van der Waals surface area contributed by atoms with E-state index in [1.807, 2.05) is 0 Å². The summed E-state index contributed by atoms with van der Waals surface area (Å²) in [4.78, 5) is 30.1. The Labute approximate surface area is 161 Å². The summed E-state index contributed by atoms with van der Waals surface area (Å²) in [6, 6.07) is 4.61. The van der Waals surface area contributed by atoms with Crippen molar-refractivity contribution in [1.82, 2.24) is 9.88 Å². The van der Waals surface area contributed by atoms with Gasteiger partial charge < -0.3 is 15.3 Å². The van der Waals surface area contributed by atoms with Crippen LogP contribution in [-0.2, 0) is 11.3 Å². The molecule has 2 aromatic heterocycles. The molecule has 1 aliphatic rings. The van der Waals surface area contributed by atoms with Gasteiger partial charge in [-0.05, 0) is 32.0 Å². The number of nitrogens with two attached hydrogens (primary N) is 1. The van der Waals surface area contributed by atoms with Gasteiger partial charge in [0, 0.05) is 24.2 Å². The van der Waals surface area contributed by atoms with Gasteiger partial charge in [0.1, 0.15) is 10.9 Å². The van der Waals surface area contributed by atoms with E-state index in [2.05, 4.69) is 9.88 Å². The Morgan fingerprint density at radius 2 is 2.11 bits per heavy atom. The van der Waals surface area contributed by atoms with Crippen molar-refractivity contribution < 1.29 is 14.3 Å². The van der Waals surface area contributed by atoms with E-state index < -0.39 is 23.0 Å². The number of amides is 1. The molecule has 0 saturated carbocycles. The highest BCUT2D eigenvalue weighted by molar-refractivity contribution is 6.30. The van der Waals surface area contributed by atoms with Crippen LogP contribution in [0.2, 0.25) is 5.15 Å². The first-order chi connectivity index (χ1) is 13.0. The van der Waals surface area contributed by atoms with Gasteiger partial charge in [0.15, 0.2) is 5.76 Å². The van der Waals surface area contributed by atoms with Gasteiger partial charge >= 0.3 is 0 Å². The molecule has 0 radical (unpaired) electrons. The van der Waals surface area contributed by atoms with Crippen LogP contribution < -0.4 is 11.2 Å². The maximum Gasteiger partial charge on any atom is 0.227 e. The molecule has 0 aromatic carbocycles. The zero-order chi connectivity index (χ0) is 19.4. The predicted octanol–water partition coefficient (Wildman–Crippen LogP) is 2.39. The molecule has 1 atom stereocenters. The summed E-state index contributed by atoms with van der Waals surface area (Å²) in [5.41, 5.74) is 5.29. The van der Waals surface area contributed by atoms with Crippen molar-refractivity contribution in [3.8, 4) is 5.75 Å². The Kier molecular flexibility index (Phi) is 6.13. The minimum Gasteiger partial charge on any atom is -0.502 e. The topological polar surface area (TPSA) is 110 Å². The first kappa shape index (κ1) is 19.4. The molecule has 1 amide bonds. The van der Waals surface area contributed by atoms with Crippen LogP contribution in [0.3, 0.4) is 0 Å². The second kappa shape index (κ2) is 8.54. The van der Waals surface area contributed by atoms with Crippen LogP contribution in [0, 0.1) is 0 Å². The fraction of sp³-hybridized carbons (Fsp3) is 0.421. The molecule has 8 heteroatoms. The smallest absolute Gasteiger partial charge is 0.227 e. The lowest BCUT2D eigenvalue weighted by Crippen LogP contribution is -2.29. The molecule has 0 aliphatic carbocycles. The first-order valence-electron chi connectivity index (χ1n) is 8.92. The largest absolute Gasteiger partial charge is 0.502 e. The molecule has 27 heavy (non-hydrogen) atoms. The Bertz CT molecular complexity index is 877. The van der Waals surface area contributed by atoms with E-state index in [4.69, 9.17) is 21.8 Å². The molecule has 2 aromatic rings. The number of piperidine rings is 1. The summed E-state index contributed by atoms with van der Waals surface area (Å²) in [7, 11) is 0. The lowest BCUT2D eigenvalue weighted by molar-refractivity contribution is -0.118. The van der Waals surface area contributed by atoms with E-state index in [-0.39, 0.29) is 17.3 Å². The number of nitrogens with zero attached hydrogens (tertiary/aromatic N) is 2. The van der Waals surface area contributed by atoms with E-state index >= 15 is 0 Å². The number of aromatic nitrogens is 1. The fourth-order valence-electron chi connectivity index (χ4n) is 3.41. The lowest BCUT2D eigenvalue weighted by Gasteiger charge is -2.26. The number of aromatic hydroxyl groups is 1. The summed E-state index contributed by atoms with van der Waals surface area (Å²) >= 11 is 6.17. The Hall–Kier alpha value is -2.38. The average molecular weight is 392 g/mol. The highest BCUT2D eigenvalue weighted by Gasteiger charge is 2.27. The van der Waals surface area contributed by atoms with Crippen LogP contribution in [0.15, 0.2) is 33.6 Å². The van der Waals surface area contributed by atoms with Gasteiger partial charge in [-0.1, -0.05) is 24.1 Å². The number of primary amides is 1. The van der Waals surface area contributed by atoms with E-state index in [1.165, 1.54) is 18.7 Å². The highest BCUT2D eigenvalue weighted by atomic mass is 35.5. The number of hydrogen-bond acceptors (Lipinski definition) is 6. The van der Waals surface area contributed by atoms with Gasteiger partial charge in [0.2, 0.25) is 17.1 Å². The predicted molar refractivity (Wildman–Crippen MR) is 101 cm³/mol. The highest BCUT2D eigenvalue weighted by Crippen LogP contribution is 2.35. The third-order valence-electron chi connectivity index (χ3n) is 4.71. The number of likely N-dealkylation sites (tertiary alicyclic amines) is 1. The fourth-order valence-corrected chi connectivity index (χ4v) is 3.66. The van der Waals surface area contributed by atoms with Gasteiger partial charge in [-0.3, -0.25) is 14.5 Å². The van der Waals surface area contributed by atoms with Crippen molar-refractivity contribution in [2.45, 2.75) is 38.1 Å². The number of carbonyl (C=O) groups excluding carboxylic acids is 1. The summed E-state index contributed by atoms with van der Waals surface area (Å²) in [5, 5.41) is 10.5. The number of carbonyl (C=O) groups is 1. The summed E-state index contributed by atoms with van der Waals surface area (Å²) in [5.74, 6) is -1.52. The molecule has 1 saturated heterocycles. The van der Waals surface area contributed by atoms with Crippen molar-refractivity contribution >= 4 is 17.5 Å². The number of halogens is 1. The summed E-state index contributed by atoms with van der Waals surface area (Å²) < 4.78 is 5.88. The standard InChI is InChI=1S/C19H22ClN3O4/c20-19-13(5-4-6-22-19)14(10-16(21)25)18-17(26)15(24)9-12(27-18)11-23-7-2-1-3-8-23/h4-6,9,14,26H,1-3,7-8,10-11H2,(H2,21,25). The van der Waals surface area contributed by atoms with E-state index in [9.17, 15) is 14.7 Å². The zero-order valence-electron chi connectivity index (χ0n) is 14.9. The second-order valence-corrected chi connectivity index (χ2v) is 7.09. The normalized spacial score (nSPS) is 16.2. The van der Waals surface area contributed by atoms with E-state index in [1.54, 1.807) is 12.1 Å². The second-order valence-electron chi connectivity index (χ2n) is 6.73. The first-order valence-corrected chi connectivity index (χ1v) is 9.30. The molecule has 3 heterocycles. The van der Waals surface area contributed by atoms with Crippen molar-refractivity contribution in [3.05, 3.63) is 56.9 Å². The maximum absolute atomic E-state index is 12.3. The van der Waals surface area contributed by atoms with Gasteiger partial charge in [-0.2, -0.15) is 0 Å². The molecule has 7 nitrogen and oxygen atoms in total. The minimum absolute atomic E-state index is 0.0109. The molecular formula is C19H22ClN3O4. The molecule has 1 aliphatic heterocycles. The van der Waals surface area contributed by atoms with Crippen molar-refractivity contribution in [2.24, 2.45) is 5.73 Å². The van der Waals surface area contributed by atoms with Crippen molar-refractivity contribution in [2.75, 3.05) is 13.1 Å². The molecule has 1 fully saturated rings. The van der Waals surface area contributed by atoms with Gasteiger partial charge in [0.05, 0.1) is 12.5 Å². The molecule has 3 N–H and O–H groups in total. The Balaban J connectivity index is 2.01.